The van der Waals surface area contributed by atoms with Crippen LogP contribution in [0.25, 0.3) is 0 Å². The number of furan rings is 1. The smallest absolute Gasteiger partial charge is 0.320 e. The van der Waals surface area contributed by atoms with E-state index >= 15 is 0 Å². The largest absolute Gasteiger partial charge is 0.480 e. The van der Waals surface area contributed by atoms with Crippen molar-refractivity contribution in [1.82, 2.24) is 15.1 Å². The molecule has 0 aliphatic carbocycles. The number of carbonyl (C=O) groups excluding carboxylic acids is 2. The molecule has 2 aliphatic heterocycles. The van der Waals surface area contributed by atoms with E-state index in [0.29, 0.717) is 38.4 Å². The van der Waals surface area contributed by atoms with Crippen LogP contribution in [0, 0.1) is 5.41 Å². The van der Waals surface area contributed by atoms with Crippen molar-refractivity contribution in [3.05, 3.63) is 23.7 Å². The topological polar surface area (TPSA) is 103 Å². The van der Waals surface area contributed by atoms with E-state index in [-0.39, 0.29) is 23.0 Å². The zero-order chi connectivity index (χ0) is 18.9. The second-order valence-electron chi connectivity index (χ2n) is 7.31. The van der Waals surface area contributed by atoms with E-state index in [4.69, 9.17) is 4.42 Å². The highest BCUT2D eigenvalue weighted by molar-refractivity contribution is 5.91. The number of aliphatic carboxylic acids is 1. The lowest BCUT2D eigenvalue weighted by Gasteiger charge is -2.39. The summed E-state index contributed by atoms with van der Waals surface area (Å²) in [7, 11) is 1.53. The minimum Gasteiger partial charge on any atom is -0.480 e. The number of carbonyl (C=O) groups is 3. The van der Waals surface area contributed by atoms with E-state index in [1.165, 1.54) is 7.05 Å². The van der Waals surface area contributed by atoms with E-state index in [2.05, 4.69) is 5.32 Å². The standard InChI is InChI=1S/C18H25N3O5/c1-12(22)20-7-5-18(6-8-20)9-14(17(24)25)21(11-18)10-13-3-4-15(26-13)16(23)19-2/h3-4,14H,5-11H2,1-2H3,(H,19,23)(H,24,25)/t14-/m1/s1. The Morgan fingerprint density at radius 3 is 2.58 bits per heavy atom. The third-order valence-electron chi connectivity index (χ3n) is 5.63. The normalized spacial score (nSPS) is 22.5. The van der Waals surface area contributed by atoms with Gasteiger partial charge in [0.1, 0.15) is 11.8 Å². The maximum absolute atomic E-state index is 11.8. The molecule has 0 unspecified atom stereocenters. The van der Waals surface area contributed by atoms with Crippen molar-refractivity contribution >= 4 is 17.8 Å². The van der Waals surface area contributed by atoms with Crippen molar-refractivity contribution < 1.29 is 23.9 Å². The number of hydrogen-bond donors (Lipinski definition) is 2. The number of carboxylic acid groups (broad SMARTS) is 1. The van der Waals surface area contributed by atoms with Crippen LogP contribution in [0.3, 0.4) is 0 Å². The summed E-state index contributed by atoms with van der Waals surface area (Å²) in [6.45, 7) is 3.94. The number of likely N-dealkylation sites (tertiary alicyclic amines) is 2. The lowest BCUT2D eigenvalue weighted by atomic mass is 9.76. The van der Waals surface area contributed by atoms with Crippen LogP contribution >= 0.6 is 0 Å². The third-order valence-corrected chi connectivity index (χ3v) is 5.63. The highest BCUT2D eigenvalue weighted by Crippen LogP contribution is 2.44. The molecule has 0 bridgehead atoms. The highest BCUT2D eigenvalue weighted by Gasteiger charge is 2.48. The molecule has 2 saturated heterocycles. The fraction of sp³-hybridized carbons (Fsp3) is 0.611. The summed E-state index contributed by atoms with van der Waals surface area (Å²) in [4.78, 5) is 38.7. The zero-order valence-electron chi connectivity index (χ0n) is 15.2. The molecule has 0 aromatic carbocycles. The first-order chi connectivity index (χ1) is 12.3. The maximum atomic E-state index is 11.8. The number of piperidine rings is 1. The number of nitrogens with one attached hydrogen (secondary N) is 1. The number of rotatable bonds is 4. The van der Waals surface area contributed by atoms with Crippen molar-refractivity contribution in [3.63, 3.8) is 0 Å². The molecule has 2 N–H and O–H groups in total. The summed E-state index contributed by atoms with van der Waals surface area (Å²) >= 11 is 0. The second-order valence-corrected chi connectivity index (χ2v) is 7.31. The van der Waals surface area contributed by atoms with Crippen LogP contribution in [0.15, 0.2) is 16.5 Å². The number of amides is 2. The van der Waals surface area contributed by atoms with Crippen LogP contribution in [0.2, 0.25) is 0 Å². The van der Waals surface area contributed by atoms with E-state index < -0.39 is 12.0 Å². The van der Waals surface area contributed by atoms with Crippen molar-refractivity contribution in [2.45, 2.75) is 38.8 Å². The molecule has 2 aliphatic rings. The molecule has 2 amide bonds. The zero-order valence-corrected chi connectivity index (χ0v) is 15.2. The molecule has 8 heteroatoms. The molecule has 1 spiro atoms. The molecular formula is C18H25N3O5. The predicted octanol–water partition coefficient (Wildman–Crippen LogP) is 0.927. The molecule has 3 rings (SSSR count). The molecule has 8 nitrogen and oxygen atoms in total. The highest BCUT2D eigenvalue weighted by atomic mass is 16.4. The Bertz CT molecular complexity index is 705. The summed E-state index contributed by atoms with van der Waals surface area (Å²) in [5.74, 6) is -0.276. The SMILES string of the molecule is CNC(=O)c1ccc(CN2CC3(CCN(C(C)=O)CC3)C[C@@H]2C(=O)O)o1. The molecule has 0 saturated carbocycles. The van der Waals surface area contributed by atoms with E-state index in [0.717, 1.165) is 12.8 Å². The monoisotopic (exact) mass is 363 g/mol. The first-order valence-electron chi connectivity index (χ1n) is 8.87. The molecule has 1 atom stereocenters. The Balaban J connectivity index is 1.70. The Labute approximate surface area is 152 Å². The van der Waals surface area contributed by atoms with Gasteiger partial charge in [-0.2, -0.15) is 0 Å². The molecule has 1 aromatic rings. The van der Waals surface area contributed by atoms with Gasteiger partial charge in [0.25, 0.3) is 5.91 Å². The number of nitrogens with zero attached hydrogens (tertiary/aromatic N) is 2. The van der Waals surface area contributed by atoms with E-state index in [1.807, 2.05) is 9.80 Å². The number of carboxylic acids is 1. The van der Waals surface area contributed by atoms with Gasteiger partial charge in [-0.15, -0.1) is 0 Å². The lowest BCUT2D eigenvalue weighted by molar-refractivity contribution is -0.142. The van der Waals surface area contributed by atoms with Crippen LogP contribution < -0.4 is 5.32 Å². The van der Waals surface area contributed by atoms with Crippen LogP contribution in [-0.2, 0) is 16.1 Å². The third kappa shape index (κ3) is 3.60. The van der Waals surface area contributed by atoms with E-state index in [9.17, 15) is 19.5 Å². The Kier molecular flexibility index (Phi) is 5.04. The summed E-state index contributed by atoms with van der Waals surface area (Å²) < 4.78 is 5.55. The average molecular weight is 363 g/mol. The van der Waals surface area contributed by atoms with Gasteiger partial charge in [0.15, 0.2) is 5.76 Å². The minimum atomic E-state index is -0.839. The van der Waals surface area contributed by atoms with Gasteiger partial charge < -0.3 is 19.7 Å². The van der Waals surface area contributed by atoms with Crippen molar-refractivity contribution in [2.24, 2.45) is 5.41 Å². The van der Waals surface area contributed by atoms with Crippen molar-refractivity contribution in [2.75, 3.05) is 26.7 Å². The van der Waals surface area contributed by atoms with E-state index in [1.54, 1.807) is 19.1 Å². The summed E-state index contributed by atoms with van der Waals surface area (Å²) in [6, 6.07) is 2.74. The van der Waals surface area contributed by atoms with Gasteiger partial charge in [-0.25, -0.2) is 0 Å². The van der Waals surface area contributed by atoms with Gasteiger partial charge in [0, 0.05) is 33.6 Å². The Hall–Kier alpha value is -2.35. The first kappa shape index (κ1) is 18.4. The van der Waals surface area contributed by atoms with Crippen LogP contribution in [0.4, 0.5) is 0 Å². The minimum absolute atomic E-state index is 0.0711. The Morgan fingerprint density at radius 1 is 1.31 bits per heavy atom. The molecule has 3 heterocycles. The lowest BCUT2D eigenvalue weighted by Crippen LogP contribution is -2.43. The first-order valence-corrected chi connectivity index (χ1v) is 8.87. The molecule has 1 aromatic heterocycles. The van der Waals surface area contributed by atoms with Crippen LogP contribution in [0.1, 0.15) is 42.5 Å². The quantitative estimate of drug-likeness (QED) is 0.825. The average Bonchev–Trinajstić information content (AvgIpc) is 3.20. The molecule has 0 radical (unpaired) electrons. The van der Waals surface area contributed by atoms with Gasteiger partial charge >= 0.3 is 5.97 Å². The van der Waals surface area contributed by atoms with Gasteiger partial charge in [0.2, 0.25) is 5.91 Å². The van der Waals surface area contributed by atoms with Gasteiger partial charge in [-0.1, -0.05) is 0 Å². The van der Waals surface area contributed by atoms with Crippen molar-refractivity contribution in [1.29, 1.82) is 0 Å². The maximum Gasteiger partial charge on any atom is 0.320 e. The molecule has 2 fully saturated rings. The fourth-order valence-electron chi connectivity index (χ4n) is 4.12. The second kappa shape index (κ2) is 7.11. The van der Waals surface area contributed by atoms with Gasteiger partial charge in [0.05, 0.1) is 6.54 Å². The molecule has 142 valence electrons. The Morgan fingerprint density at radius 2 is 2.00 bits per heavy atom. The summed E-state index contributed by atoms with van der Waals surface area (Å²) in [5, 5.41) is 12.1. The van der Waals surface area contributed by atoms with Gasteiger partial charge in [-0.3, -0.25) is 19.3 Å². The van der Waals surface area contributed by atoms with Crippen molar-refractivity contribution in [3.8, 4) is 0 Å². The molecular weight excluding hydrogens is 338 g/mol. The van der Waals surface area contributed by atoms with Gasteiger partial charge in [-0.05, 0) is 36.8 Å². The summed E-state index contributed by atoms with van der Waals surface area (Å²) in [5.41, 5.74) is -0.0782. The van der Waals surface area contributed by atoms with Crippen LogP contribution in [-0.4, -0.2) is 65.4 Å². The predicted molar refractivity (Wildman–Crippen MR) is 92.5 cm³/mol. The summed E-state index contributed by atoms with van der Waals surface area (Å²) in [6.07, 6.45) is 2.21. The fourth-order valence-corrected chi connectivity index (χ4v) is 4.12. The van der Waals surface area contributed by atoms with Crippen LogP contribution in [0.5, 0.6) is 0 Å². The molecule has 26 heavy (non-hydrogen) atoms. The number of hydrogen-bond acceptors (Lipinski definition) is 5.